The van der Waals surface area contributed by atoms with Crippen LogP contribution in [-0.4, -0.2) is 61.0 Å². The highest BCUT2D eigenvalue weighted by Crippen LogP contribution is 2.29. The number of fused-ring (bicyclic) bond motifs is 1. The molecule has 36 heavy (non-hydrogen) atoms. The second kappa shape index (κ2) is 9.65. The summed E-state index contributed by atoms with van der Waals surface area (Å²) in [6.07, 6.45) is 6.53. The Balaban J connectivity index is 1.41. The summed E-state index contributed by atoms with van der Waals surface area (Å²) < 4.78 is 16.0. The van der Waals surface area contributed by atoms with E-state index in [1.807, 2.05) is 24.3 Å². The van der Waals surface area contributed by atoms with Crippen LogP contribution in [-0.2, 0) is 16.1 Å². The zero-order valence-corrected chi connectivity index (χ0v) is 19.5. The number of Topliss-reactive ketones (excluding diaryl/α,β-unsaturated/α-hetero) is 1. The monoisotopic (exact) mass is 486 g/mol. The van der Waals surface area contributed by atoms with Gasteiger partial charge in [-0.3, -0.25) is 19.4 Å². The molecule has 0 unspecified atom stereocenters. The van der Waals surface area contributed by atoms with E-state index >= 15 is 0 Å². The number of nitrogens with zero attached hydrogens (tertiary/aromatic N) is 5. The fourth-order valence-corrected chi connectivity index (χ4v) is 4.56. The molecule has 10 heteroatoms. The fourth-order valence-electron chi connectivity index (χ4n) is 4.56. The predicted molar refractivity (Wildman–Crippen MR) is 131 cm³/mol. The summed E-state index contributed by atoms with van der Waals surface area (Å²) in [5.74, 6) is -1.01. The van der Waals surface area contributed by atoms with Gasteiger partial charge in [0.2, 0.25) is 11.8 Å². The van der Waals surface area contributed by atoms with E-state index in [1.165, 1.54) is 18.0 Å². The zero-order valence-electron chi connectivity index (χ0n) is 19.5. The van der Waals surface area contributed by atoms with Crippen molar-refractivity contribution in [2.75, 3.05) is 11.9 Å². The molecular formula is C26H23FN6O3. The summed E-state index contributed by atoms with van der Waals surface area (Å²) in [6, 6.07) is 9.81. The summed E-state index contributed by atoms with van der Waals surface area (Å²) in [5, 5.41) is 11.1. The lowest BCUT2D eigenvalue weighted by molar-refractivity contribution is -0.137. The van der Waals surface area contributed by atoms with Crippen molar-refractivity contribution in [1.82, 2.24) is 24.6 Å². The van der Waals surface area contributed by atoms with Crippen LogP contribution in [0.2, 0.25) is 0 Å². The first kappa shape index (κ1) is 23.3. The number of rotatable bonds is 6. The summed E-state index contributed by atoms with van der Waals surface area (Å²) in [7, 11) is 0. The second-order valence-corrected chi connectivity index (χ2v) is 8.72. The van der Waals surface area contributed by atoms with Gasteiger partial charge in [-0.2, -0.15) is 10.2 Å². The topological polar surface area (TPSA) is 110 Å². The molecule has 1 saturated heterocycles. The zero-order chi connectivity index (χ0) is 25.2. The largest absolute Gasteiger partial charge is 0.337 e. The molecule has 1 N–H and O–H groups in total. The highest BCUT2D eigenvalue weighted by Gasteiger charge is 2.40. The molecule has 0 radical (unpaired) electrons. The molecular weight excluding hydrogens is 463 g/mol. The molecule has 1 aromatic carbocycles. The number of carbonyl (C=O) groups is 3. The van der Waals surface area contributed by atoms with Gasteiger partial charge in [-0.05, 0) is 42.8 Å². The van der Waals surface area contributed by atoms with Crippen LogP contribution in [0.25, 0.3) is 22.0 Å². The van der Waals surface area contributed by atoms with Crippen LogP contribution >= 0.6 is 0 Å². The Morgan fingerprint density at radius 1 is 1.08 bits per heavy atom. The van der Waals surface area contributed by atoms with Crippen molar-refractivity contribution in [2.45, 2.75) is 32.1 Å². The number of pyridine rings is 1. The molecule has 2 atom stereocenters. The molecule has 0 saturated carbocycles. The summed E-state index contributed by atoms with van der Waals surface area (Å²) in [4.78, 5) is 43.7. The number of benzene rings is 1. The maximum Gasteiger partial charge on any atom is 0.247 e. The van der Waals surface area contributed by atoms with E-state index in [4.69, 9.17) is 0 Å². The normalized spacial score (nSPS) is 17.3. The molecule has 1 fully saturated rings. The van der Waals surface area contributed by atoms with Gasteiger partial charge in [-0.1, -0.05) is 6.07 Å². The molecule has 2 amide bonds. The van der Waals surface area contributed by atoms with Crippen molar-refractivity contribution in [2.24, 2.45) is 0 Å². The number of hydrogen-bond acceptors (Lipinski definition) is 6. The molecule has 4 aromatic rings. The highest BCUT2D eigenvalue weighted by molar-refractivity contribution is 6.08. The lowest BCUT2D eigenvalue weighted by Gasteiger charge is -2.24. The lowest BCUT2D eigenvalue weighted by atomic mass is 10.0. The highest BCUT2D eigenvalue weighted by atomic mass is 19.1. The second-order valence-electron chi connectivity index (χ2n) is 8.72. The number of alkyl halides is 1. The molecule has 3 aromatic heterocycles. The minimum Gasteiger partial charge on any atom is -0.337 e. The Morgan fingerprint density at radius 3 is 2.67 bits per heavy atom. The van der Waals surface area contributed by atoms with Gasteiger partial charge in [0.05, 0.1) is 30.8 Å². The SMILES string of the molecule is CC(=O)c1cn(CC(=O)N2C[C@H](F)C[C@H]2C(=O)Nc2cccnc2)c2ccc(-c3ccnnc3)cc12. The van der Waals surface area contributed by atoms with Crippen molar-refractivity contribution >= 4 is 34.2 Å². The maximum atomic E-state index is 14.3. The average Bonchev–Trinajstić information content (AvgIpc) is 3.46. The molecule has 1 aliphatic heterocycles. The molecule has 0 bridgehead atoms. The number of halogens is 1. The van der Waals surface area contributed by atoms with Gasteiger partial charge in [-0.15, -0.1) is 0 Å². The third-order valence-electron chi connectivity index (χ3n) is 6.29. The van der Waals surface area contributed by atoms with Crippen LogP contribution in [0, 0.1) is 0 Å². The van der Waals surface area contributed by atoms with E-state index in [-0.39, 0.29) is 25.3 Å². The fraction of sp³-hybridized carbons (Fsp3) is 0.231. The third-order valence-corrected chi connectivity index (χ3v) is 6.29. The van der Waals surface area contributed by atoms with Crippen molar-refractivity contribution in [3.8, 4) is 11.1 Å². The van der Waals surface area contributed by atoms with Crippen molar-refractivity contribution in [3.05, 3.63) is 72.9 Å². The standard InChI is InChI=1S/C26H23FN6O3/c1-16(34)22-14-32(23-5-4-17(9-21(22)23)18-6-8-29-30-11-18)15-25(35)33-13-19(27)10-24(33)26(36)31-20-3-2-7-28-12-20/h2-9,11-12,14,19,24H,10,13,15H2,1H3,(H,31,36)/t19-,24+/m1/s1. The van der Waals surface area contributed by atoms with E-state index in [0.29, 0.717) is 22.2 Å². The Hall–Kier alpha value is -4.47. The number of likely N-dealkylation sites (tertiary alicyclic amines) is 1. The van der Waals surface area contributed by atoms with E-state index in [0.717, 1.165) is 11.1 Å². The first-order chi connectivity index (χ1) is 17.4. The van der Waals surface area contributed by atoms with Gasteiger partial charge in [0, 0.05) is 40.8 Å². The average molecular weight is 487 g/mol. The Labute approximate surface area is 206 Å². The molecule has 182 valence electrons. The quantitative estimate of drug-likeness (QED) is 0.419. The van der Waals surface area contributed by atoms with Crippen LogP contribution in [0.5, 0.6) is 0 Å². The van der Waals surface area contributed by atoms with Gasteiger partial charge in [-0.25, -0.2) is 4.39 Å². The number of nitrogens with one attached hydrogen (secondary N) is 1. The molecule has 0 spiro atoms. The van der Waals surface area contributed by atoms with Gasteiger partial charge in [0.25, 0.3) is 0 Å². The summed E-state index contributed by atoms with van der Waals surface area (Å²) >= 11 is 0. The van der Waals surface area contributed by atoms with Crippen LogP contribution in [0.4, 0.5) is 10.1 Å². The molecule has 9 nitrogen and oxygen atoms in total. The van der Waals surface area contributed by atoms with Crippen LogP contribution in [0.3, 0.4) is 0 Å². The number of anilines is 1. The van der Waals surface area contributed by atoms with E-state index in [2.05, 4.69) is 20.5 Å². The minimum atomic E-state index is -1.30. The predicted octanol–water partition coefficient (Wildman–Crippen LogP) is 3.27. The summed E-state index contributed by atoms with van der Waals surface area (Å²) in [5.41, 5.74) is 3.33. The van der Waals surface area contributed by atoms with E-state index in [1.54, 1.807) is 41.5 Å². The van der Waals surface area contributed by atoms with Gasteiger partial charge in [0.15, 0.2) is 5.78 Å². The van der Waals surface area contributed by atoms with Crippen molar-refractivity contribution in [1.29, 1.82) is 0 Å². The van der Waals surface area contributed by atoms with E-state index < -0.39 is 24.0 Å². The lowest BCUT2D eigenvalue weighted by Crippen LogP contribution is -2.44. The number of aromatic nitrogens is 4. The van der Waals surface area contributed by atoms with Crippen LogP contribution in [0.1, 0.15) is 23.7 Å². The van der Waals surface area contributed by atoms with Gasteiger partial charge < -0.3 is 14.8 Å². The number of ketones is 1. The first-order valence-corrected chi connectivity index (χ1v) is 11.5. The van der Waals surface area contributed by atoms with Crippen molar-refractivity contribution in [3.63, 3.8) is 0 Å². The maximum absolute atomic E-state index is 14.3. The Kier molecular flexibility index (Phi) is 6.24. The molecule has 5 rings (SSSR count). The number of amides is 2. The molecule has 1 aliphatic rings. The van der Waals surface area contributed by atoms with Crippen LogP contribution < -0.4 is 5.32 Å². The summed E-state index contributed by atoms with van der Waals surface area (Å²) in [6.45, 7) is 1.17. The smallest absolute Gasteiger partial charge is 0.247 e. The Morgan fingerprint density at radius 2 is 1.94 bits per heavy atom. The van der Waals surface area contributed by atoms with Gasteiger partial charge >= 0.3 is 0 Å². The molecule has 0 aliphatic carbocycles. The van der Waals surface area contributed by atoms with E-state index in [9.17, 15) is 18.8 Å². The van der Waals surface area contributed by atoms with Crippen molar-refractivity contribution < 1.29 is 18.8 Å². The van der Waals surface area contributed by atoms with Crippen LogP contribution in [0.15, 0.2) is 67.4 Å². The number of carbonyl (C=O) groups excluding carboxylic acids is 3. The first-order valence-electron chi connectivity index (χ1n) is 11.5. The minimum absolute atomic E-state index is 0.0771. The molecule has 4 heterocycles. The third kappa shape index (κ3) is 4.57. The van der Waals surface area contributed by atoms with Gasteiger partial charge in [0.1, 0.15) is 18.8 Å². The number of hydrogen-bond donors (Lipinski definition) is 1. The Bertz CT molecular complexity index is 1440.